The Morgan fingerprint density at radius 3 is 2.61 bits per heavy atom. The number of benzene rings is 1. The summed E-state index contributed by atoms with van der Waals surface area (Å²) in [6.45, 7) is 1.97. The molecule has 1 aromatic heterocycles. The van der Waals surface area contributed by atoms with Crippen LogP contribution in [0.2, 0.25) is 0 Å². The van der Waals surface area contributed by atoms with Crippen molar-refractivity contribution in [2.24, 2.45) is 0 Å². The van der Waals surface area contributed by atoms with Gasteiger partial charge in [-0.25, -0.2) is 14.4 Å². The molecule has 0 radical (unpaired) electrons. The first kappa shape index (κ1) is 12.3. The van der Waals surface area contributed by atoms with Gasteiger partial charge in [0, 0.05) is 12.1 Å². The molecule has 0 amide bonds. The fourth-order valence-corrected chi connectivity index (χ4v) is 1.59. The topological polar surface area (TPSA) is 47.0 Å². The lowest BCUT2D eigenvalue weighted by molar-refractivity contribution is 0.397. The lowest BCUT2D eigenvalue weighted by atomic mass is 10.1. The van der Waals surface area contributed by atoms with Gasteiger partial charge in [-0.15, -0.1) is 0 Å². The van der Waals surface area contributed by atoms with Crippen LogP contribution in [0.3, 0.4) is 0 Å². The largest absolute Gasteiger partial charge is 0.481 e. The van der Waals surface area contributed by atoms with E-state index in [0.717, 1.165) is 5.56 Å². The highest BCUT2D eigenvalue weighted by atomic mass is 19.1. The molecule has 18 heavy (non-hydrogen) atoms. The van der Waals surface area contributed by atoms with E-state index in [-0.39, 0.29) is 11.9 Å². The van der Waals surface area contributed by atoms with Crippen LogP contribution < -0.4 is 10.1 Å². The van der Waals surface area contributed by atoms with Gasteiger partial charge in [0.1, 0.15) is 18.0 Å². The van der Waals surface area contributed by atoms with Gasteiger partial charge in [0.25, 0.3) is 0 Å². The first-order chi connectivity index (χ1) is 8.69. The van der Waals surface area contributed by atoms with Crippen molar-refractivity contribution in [3.63, 3.8) is 0 Å². The standard InChI is InChI=1S/C13H14FN3O/c1-9(10-3-5-11(14)6-4-10)17-12-7-13(18-2)16-8-15-12/h3-9H,1-2H3,(H,15,16,17). The van der Waals surface area contributed by atoms with Gasteiger partial charge in [-0.2, -0.15) is 0 Å². The van der Waals surface area contributed by atoms with Gasteiger partial charge in [-0.05, 0) is 24.6 Å². The molecule has 0 saturated heterocycles. The fourth-order valence-electron chi connectivity index (χ4n) is 1.59. The van der Waals surface area contributed by atoms with Crippen molar-refractivity contribution in [1.82, 2.24) is 9.97 Å². The summed E-state index contributed by atoms with van der Waals surface area (Å²) >= 11 is 0. The molecule has 4 nitrogen and oxygen atoms in total. The summed E-state index contributed by atoms with van der Waals surface area (Å²) in [5.74, 6) is 0.923. The number of nitrogens with zero attached hydrogens (tertiary/aromatic N) is 2. The maximum atomic E-state index is 12.8. The Morgan fingerprint density at radius 2 is 1.94 bits per heavy atom. The van der Waals surface area contributed by atoms with Crippen LogP contribution in [0.5, 0.6) is 5.88 Å². The van der Waals surface area contributed by atoms with Crippen LogP contribution in [0.4, 0.5) is 10.2 Å². The highest BCUT2D eigenvalue weighted by Crippen LogP contribution is 2.19. The van der Waals surface area contributed by atoms with Crippen molar-refractivity contribution in [3.8, 4) is 5.88 Å². The Morgan fingerprint density at radius 1 is 1.22 bits per heavy atom. The van der Waals surface area contributed by atoms with Gasteiger partial charge >= 0.3 is 0 Å². The third kappa shape index (κ3) is 2.94. The zero-order valence-electron chi connectivity index (χ0n) is 10.2. The minimum atomic E-state index is -0.241. The van der Waals surface area contributed by atoms with Crippen LogP contribution in [-0.2, 0) is 0 Å². The van der Waals surface area contributed by atoms with Crippen LogP contribution in [0.25, 0.3) is 0 Å². The molecule has 0 bridgehead atoms. The molecule has 2 aromatic rings. The Hall–Kier alpha value is -2.17. The van der Waals surface area contributed by atoms with E-state index in [2.05, 4.69) is 15.3 Å². The molecule has 1 unspecified atom stereocenters. The highest BCUT2D eigenvalue weighted by molar-refractivity contribution is 5.40. The molecule has 0 saturated carbocycles. The lowest BCUT2D eigenvalue weighted by Crippen LogP contribution is -2.08. The molecule has 0 aliphatic rings. The Kier molecular flexibility index (Phi) is 3.72. The second kappa shape index (κ2) is 5.44. The van der Waals surface area contributed by atoms with Crippen molar-refractivity contribution < 1.29 is 9.13 Å². The maximum Gasteiger partial charge on any atom is 0.218 e. The quantitative estimate of drug-likeness (QED) is 0.902. The molecule has 1 atom stereocenters. The molecule has 0 aliphatic carbocycles. The molecule has 1 N–H and O–H groups in total. The zero-order chi connectivity index (χ0) is 13.0. The second-order valence-corrected chi connectivity index (χ2v) is 3.86. The number of methoxy groups -OCH3 is 1. The van der Waals surface area contributed by atoms with E-state index >= 15 is 0 Å². The Bertz CT molecular complexity index is 516. The van der Waals surface area contributed by atoms with E-state index in [1.807, 2.05) is 6.92 Å². The predicted molar refractivity (Wildman–Crippen MR) is 67.0 cm³/mol. The minimum Gasteiger partial charge on any atom is -0.481 e. The van der Waals surface area contributed by atoms with Crippen LogP contribution >= 0.6 is 0 Å². The van der Waals surface area contributed by atoms with E-state index in [4.69, 9.17) is 4.74 Å². The highest BCUT2D eigenvalue weighted by Gasteiger charge is 2.07. The summed E-state index contributed by atoms with van der Waals surface area (Å²) < 4.78 is 17.8. The number of anilines is 1. The van der Waals surface area contributed by atoms with Gasteiger partial charge in [-0.1, -0.05) is 12.1 Å². The van der Waals surface area contributed by atoms with Crippen LogP contribution in [0.1, 0.15) is 18.5 Å². The zero-order valence-corrected chi connectivity index (χ0v) is 10.2. The number of nitrogens with one attached hydrogen (secondary N) is 1. The van der Waals surface area contributed by atoms with E-state index in [9.17, 15) is 4.39 Å². The van der Waals surface area contributed by atoms with Gasteiger partial charge < -0.3 is 10.1 Å². The number of aromatic nitrogens is 2. The molecule has 1 heterocycles. The van der Waals surface area contributed by atoms with Crippen LogP contribution in [0.15, 0.2) is 36.7 Å². The maximum absolute atomic E-state index is 12.8. The van der Waals surface area contributed by atoms with Crippen molar-refractivity contribution in [2.45, 2.75) is 13.0 Å². The first-order valence-corrected chi connectivity index (χ1v) is 5.57. The minimum absolute atomic E-state index is 0.0187. The number of halogens is 1. The number of rotatable bonds is 4. The predicted octanol–water partition coefficient (Wildman–Crippen LogP) is 2.80. The molecule has 2 rings (SSSR count). The van der Waals surface area contributed by atoms with Gasteiger partial charge in [-0.3, -0.25) is 0 Å². The van der Waals surface area contributed by atoms with Crippen LogP contribution in [0, 0.1) is 5.82 Å². The summed E-state index contributed by atoms with van der Waals surface area (Å²) in [4.78, 5) is 8.02. The summed E-state index contributed by atoms with van der Waals surface area (Å²) in [6, 6.07) is 8.09. The fraction of sp³-hybridized carbons (Fsp3) is 0.231. The van der Waals surface area contributed by atoms with Crippen molar-refractivity contribution >= 4 is 5.82 Å². The molecule has 1 aromatic carbocycles. The normalized spacial score (nSPS) is 11.9. The van der Waals surface area contributed by atoms with Gasteiger partial charge in [0.2, 0.25) is 5.88 Å². The second-order valence-electron chi connectivity index (χ2n) is 3.86. The average Bonchev–Trinajstić information content (AvgIpc) is 2.39. The molecular formula is C13H14FN3O. The lowest BCUT2D eigenvalue weighted by Gasteiger charge is -2.15. The number of hydrogen-bond donors (Lipinski definition) is 1. The third-order valence-corrected chi connectivity index (χ3v) is 2.59. The van der Waals surface area contributed by atoms with Crippen LogP contribution in [-0.4, -0.2) is 17.1 Å². The summed E-state index contributed by atoms with van der Waals surface area (Å²) in [5.41, 5.74) is 0.981. The third-order valence-electron chi connectivity index (χ3n) is 2.59. The summed E-state index contributed by atoms with van der Waals surface area (Å²) in [5, 5.41) is 3.20. The van der Waals surface area contributed by atoms with E-state index in [1.54, 1.807) is 25.3 Å². The van der Waals surface area contributed by atoms with Crippen molar-refractivity contribution in [2.75, 3.05) is 12.4 Å². The van der Waals surface area contributed by atoms with Crippen molar-refractivity contribution in [3.05, 3.63) is 48.0 Å². The first-order valence-electron chi connectivity index (χ1n) is 5.57. The van der Waals surface area contributed by atoms with Gasteiger partial charge in [0.15, 0.2) is 0 Å². The summed E-state index contributed by atoms with van der Waals surface area (Å²) in [7, 11) is 1.55. The summed E-state index contributed by atoms with van der Waals surface area (Å²) in [6.07, 6.45) is 1.43. The molecule has 0 fully saturated rings. The molecule has 0 aliphatic heterocycles. The van der Waals surface area contributed by atoms with E-state index in [1.165, 1.54) is 18.5 Å². The Labute approximate surface area is 105 Å². The smallest absolute Gasteiger partial charge is 0.218 e. The SMILES string of the molecule is COc1cc(NC(C)c2ccc(F)cc2)ncn1. The van der Waals surface area contributed by atoms with Gasteiger partial charge in [0.05, 0.1) is 7.11 Å². The molecule has 5 heteroatoms. The number of hydrogen-bond acceptors (Lipinski definition) is 4. The number of ether oxygens (including phenoxy) is 1. The van der Waals surface area contributed by atoms with E-state index in [0.29, 0.717) is 11.7 Å². The van der Waals surface area contributed by atoms with E-state index < -0.39 is 0 Å². The molecular weight excluding hydrogens is 233 g/mol. The monoisotopic (exact) mass is 247 g/mol. The molecule has 94 valence electrons. The van der Waals surface area contributed by atoms with Crippen molar-refractivity contribution in [1.29, 1.82) is 0 Å². The molecule has 0 spiro atoms. The Balaban J connectivity index is 2.10. The average molecular weight is 247 g/mol.